The molecule has 0 saturated heterocycles. The molecule has 1 unspecified atom stereocenters. The minimum absolute atomic E-state index is 0.303. The van der Waals surface area contributed by atoms with Crippen molar-refractivity contribution < 1.29 is 0 Å². The first kappa shape index (κ1) is 16.0. The number of nitrogens with zero attached hydrogens (tertiary/aromatic N) is 2. The molecule has 1 heterocycles. The van der Waals surface area contributed by atoms with E-state index < -0.39 is 0 Å². The van der Waals surface area contributed by atoms with E-state index in [1.54, 1.807) is 0 Å². The molecule has 0 aliphatic carbocycles. The smallest absolute Gasteiger partial charge is 0.110 e. The first-order chi connectivity index (χ1) is 9.86. The highest BCUT2D eigenvalue weighted by molar-refractivity contribution is 5.77. The summed E-state index contributed by atoms with van der Waals surface area (Å²) in [6, 6.07) is 6.42. The van der Waals surface area contributed by atoms with Crippen molar-refractivity contribution in [3.05, 3.63) is 29.6 Å². The molecule has 0 saturated carbocycles. The third-order valence-corrected chi connectivity index (χ3v) is 4.54. The van der Waals surface area contributed by atoms with Gasteiger partial charge in [0.1, 0.15) is 5.82 Å². The lowest BCUT2D eigenvalue weighted by Gasteiger charge is -2.27. The van der Waals surface area contributed by atoms with E-state index in [0.717, 1.165) is 30.5 Å². The van der Waals surface area contributed by atoms with Crippen molar-refractivity contribution in [3.8, 4) is 0 Å². The van der Waals surface area contributed by atoms with Crippen molar-refractivity contribution in [1.29, 1.82) is 0 Å². The molecule has 2 N–H and O–H groups in total. The lowest BCUT2D eigenvalue weighted by atomic mass is 9.80. The molecule has 0 radical (unpaired) electrons. The molecule has 21 heavy (non-hydrogen) atoms. The van der Waals surface area contributed by atoms with Crippen LogP contribution in [0.25, 0.3) is 11.0 Å². The SMILES string of the molecule is CCCn1c(CC(C)C(C)(C)C)nc2cc(CN)ccc21. The van der Waals surface area contributed by atoms with Crippen LogP contribution in [0.15, 0.2) is 18.2 Å². The molecular weight excluding hydrogens is 258 g/mol. The van der Waals surface area contributed by atoms with Crippen LogP contribution in [0.3, 0.4) is 0 Å². The minimum atomic E-state index is 0.303. The summed E-state index contributed by atoms with van der Waals surface area (Å²) < 4.78 is 2.39. The van der Waals surface area contributed by atoms with Gasteiger partial charge in [0.15, 0.2) is 0 Å². The summed E-state index contributed by atoms with van der Waals surface area (Å²) in [5.41, 5.74) is 9.53. The maximum absolute atomic E-state index is 5.75. The van der Waals surface area contributed by atoms with Crippen molar-refractivity contribution in [3.63, 3.8) is 0 Å². The van der Waals surface area contributed by atoms with Crippen LogP contribution in [0.4, 0.5) is 0 Å². The second kappa shape index (κ2) is 6.18. The van der Waals surface area contributed by atoms with Crippen LogP contribution in [0.5, 0.6) is 0 Å². The zero-order valence-electron chi connectivity index (χ0n) is 14.1. The van der Waals surface area contributed by atoms with E-state index in [9.17, 15) is 0 Å². The van der Waals surface area contributed by atoms with E-state index >= 15 is 0 Å². The van der Waals surface area contributed by atoms with Crippen LogP contribution in [-0.4, -0.2) is 9.55 Å². The second-order valence-corrected chi connectivity index (χ2v) is 7.18. The fourth-order valence-electron chi connectivity index (χ4n) is 2.56. The van der Waals surface area contributed by atoms with Gasteiger partial charge in [-0.25, -0.2) is 4.98 Å². The first-order valence-electron chi connectivity index (χ1n) is 8.05. The van der Waals surface area contributed by atoms with Gasteiger partial charge in [-0.15, -0.1) is 0 Å². The monoisotopic (exact) mass is 287 g/mol. The minimum Gasteiger partial charge on any atom is -0.328 e. The molecule has 1 atom stereocenters. The number of fused-ring (bicyclic) bond motifs is 1. The van der Waals surface area contributed by atoms with Gasteiger partial charge in [-0.2, -0.15) is 0 Å². The lowest BCUT2D eigenvalue weighted by molar-refractivity contribution is 0.255. The van der Waals surface area contributed by atoms with Crippen LogP contribution in [0.1, 0.15) is 52.4 Å². The summed E-state index contributed by atoms with van der Waals surface area (Å²) in [7, 11) is 0. The number of hydrogen-bond donors (Lipinski definition) is 1. The molecule has 0 spiro atoms. The van der Waals surface area contributed by atoms with E-state index in [2.05, 4.69) is 57.4 Å². The Morgan fingerprint density at radius 1 is 1.29 bits per heavy atom. The standard InChI is InChI=1S/C18H29N3/c1-6-9-21-16-8-7-14(12-19)11-15(16)20-17(21)10-13(2)18(3,4)5/h7-8,11,13H,6,9-10,12,19H2,1-5H3. The number of imidazole rings is 1. The summed E-state index contributed by atoms with van der Waals surface area (Å²) in [6.45, 7) is 13.1. The molecule has 3 heteroatoms. The number of benzene rings is 1. The second-order valence-electron chi connectivity index (χ2n) is 7.18. The number of rotatable bonds is 5. The summed E-state index contributed by atoms with van der Waals surface area (Å²) in [4.78, 5) is 4.90. The molecule has 116 valence electrons. The van der Waals surface area contributed by atoms with Gasteiger partial charge >= 0.3 is 0 Å². The average molecular weight is 287 g/mol. The molecule has 0 aliphatic rings. The lowest BCUT2D eigenvalue weighted by Crippen LogP contribution is -2.21. The highest BCUT2D eigenvalue weighted by Crippen LogP contribution is 2.29. The Balaban J connectivity index is 2.44. The predicted molar refractivity (Wildman–Crippen MR) is 90.2 cm³/mol. The van der Waals surface area contributed by atoms with Crippen molar-refractivity contribution in [2.75, 3.05) is 0 Å². The van der Waals surface area contributed by atoms with Gasteiger partial charge in [0.05, 0.1) is 11.0 Å². The summed E-state index contributed by atoms with van der Waals surface area (Å²) >= 11 is 0. The van der Waals surface area contributed by atoms with Crippen molar-refractivity contribution in [1.82, 2.24) is 9.55 Å². The maximum Gasteiger partial charge on any atom is 0.110 e. The van der Waals surface area contributed by atoms with Gasteiger partial charge in [-0.3, -0.25) is 0 Å². The van der Waals surface area contributed by atoms with Gasteiger partial charge in [-0.05, 0) is 35.4 Å². The fourth-order valence-corrected chi connectivity index (χ4v) is 2.56. The van der Waals surface area contributed by atoms with Gasteiger partial charge in [-0.1, -0.05) is 40.7 Å². The van der Waals surface area contributed by atoms with E-state index in [-0.39, 0.29) is 0 Å². The van der Waals surface area contributed by atoms with Crippen LogP contribution < -0.4 is 5.73 Å². The third kappa shape index (κ3) is 3.46. The Bertz CT molecular complexity index is 605. The predicted octanol–water partition coefficient (Wildman–Crippen LogP) is 4.13. The van der Waals surface area contributed by atoms with Crippen molar-refractivity contribution in [2.24, 2.45) is 17.1 Å². The molecule has 0 amide bonds. The molecule has 0 bridgehead atoms. The van der Waals surface area contributed by atoms with Gasteiger partial charge < -0.3 is 10.3 Å². The molecule has 1 aromatic carbocycles. The average Bonchev–Trinajstić information content (AvgIpc) is 2.75. The van der Waals surface area contributed by atoms with Crippen LogP contribution in [-0.2, 0) is 19.5 Å². The summed E-state index contributed by atoms with van der Waals surface area (Å²) in [5, 5.41) is 0. The first-order valence-corrected chi connectivity index (χ1v) is 8.05. The zero-order valence-corrected chi connectivity index (χ0v) is 14.1. The number of aryl methyl sites for hydroxylation is 1. The fraction of sp³-hybridized carbons (Fsp3) is 0.611. The van der Waals surface area contributed by atoms with E-state index in [1.165, 1.54) is 11.3 Å². The third-order valence-electron chi connectivity index (χ3n) is 4.54. The zero-order chi connectivity index (χ0) is 15.6. The molecule has 1 aromatic heterocycles. The Kier molecular flexibility index (Phi) is 4.72. The Hall–Kier alpha value is -1.35. The highest BCUT2D eigenvalue weighted by Gasteiger charge is 2.23. The molecule has 3 nitrogen and oxygen atoms in total. The Morgan fingerprint density at radius 2 is 2.00 bits per heavy atom. The number of hydrogen-bond acceptors (Lipinski definition) is 2. The molecular formula is C18H29N3. The molecule has 0 aliphatic heterocycles. The van der Waals surface area contributed by atoms with Crippen molar-refractivity contribution >= 4 is 11.0 Å². The number of aromatic nitrogens is 2. The molecule has 0 fully saturated rings. The molecule has 2 rings (SSSR count). The van der Waals surface area contributed by atoms with Crippen molar-refractivity contribution in [2.45, 2.75) is 60.5 Å². The highest BCUT2D eigenvalue weighted by atomic mass is 15.1. The van der Waals surface area contributed by atoms with Crippen LogP contribution >= 0.6 is 0 Å². The van der Waals surface area contributed by atoms with Gasteiger partial charge in [0.2, 0.25) is 0 Å². The van der Waals surface area contributed by atoms with E-state index in [4.69, 9.17) is 10.7 Å². The largest absolute Gasteiger partial charge is 0.328 e. The van der Waals surface area contributed by atoms with Crippen LogP contribution in [0.2, 0.25) is 0 Å². The quantitative estimate of drug-likeness (QED) is 0.898. The van der Waals surface area contributed by atoms with Gasteiger partial charge in [0.25, 0.3) is 0 Å². The topological polar surface area (TPSA) is 43.8 Å². The Labute approximate surface area is 128 Å². The maximum atomic E-state index is 5.75. The summed E-state index contributed by atoms with van der Waals surface area (Å²) in [5.74, 6) is 1.81. The Morgan fingerprint density at radius 3 is 2.57 bits per heavy atom. The summed E-state index contributed by atoms with van der Waals surface area (Å²) in [6.07, 6.45) is 2.15. The van der Waals surface area contributed by atoms with E-state index in [0.29, 0.717) is 17.9 Å². The van der Waals surface area contributed by atoms with Crippen LogP contribution in [0, 0.1) is 11.3 Å². The number of nitrogens with two attached hydrogens (primary N) is 1. The van der Waals surface area contributed by atoms with E-state index in [1.807, 2.05) is 0 Å². The molecule has 2 aromatic rings. The normalized spacial score (nSPS) is 13.8. The van der Waals surface area contributed by atoms with Gasteiger partial charge in [0, 0.05) is 19.5 Å².